The van der Waals surface area contributed by atoms with Crippen molar-refractivity contribution in [1.82, 2.24) is 20.2 Å². The smallest absolute Gasteiger partial charge is 0.208 e. The number of hydrogen-bond donors (Lipinski definition) is 0. The highest BCUT2D eigenvalue weighted by molar-refractivity contribution is 8.01. The summed E-state index contributed by atoms with van der Waals surface area (Å²) in [6.45, 7) is 1.94. The Hall–Kier alpha value is -0.920. The molecular weight excluding hydrogens is 314 g/mol. The van der Waals surface area contributed by atoms with Gasteiger partial charge < -0.3 is 4.90 Å². The van der Waals surface area contributed by atoms with E-state index < -0.39 is 0 Å². The summed E-state index contributed by atoms with van der Waals surface area (Å²) >= 11 is 9.26. The van der Waals surface area contributed by atoms with Crippen molar-refractivity contribution in [3.63, 3.8) is 0 Å². The molecule has 0 bridgehead atoms. The van der Waals surface area contributed by atoms with Gasteiger partial charge >= 0.3 is 0 Å². The summed E-state index contributed by atoms with van der Waals surface area (Å²) in [5.74, 6) is 1.35. The van der Waals surface area contributed by atoms with Gasteiger partial charge in [-0.05, 0) is 31.5 Å². The predicted octanol–water partition coefficient (Wildman–Crippen LogP) is 3.38. The topological polar surface area (TPSA) is 54.8 Å². The molecule has 106 valence electrons. The molecule has 0 N–H and O–H groups in total. The van der Waals surface area contributed by atoms with Gasteiger partial charge in [-0.25, -0.2) is 9.97 Å². The quantitative estimate of drug-likeness (QED) is 0.802. The Kier molecular flexibility index (Phi) is 3.83. The molecule has 1 aliphatic carbocycles. The third-order valence-electron chi connectivity index (χ3n) is 2.96. The average molecular weight is 328 g/mol. The fraction of sp³-hybridized carbons (Fsp3) is 0.500. The second-order valence-electron chi connectivity index (χ2n) is 4.92. The first-order valence-electron chi connectivity index (χ1n) is 6.27. The molecule has 2 heterocycles. The zero-order chi connectivity index (χ0) is 14.3. The van der Waals surface area contributed by atoms with Gasteiger partial charge in [-0.2, -0.15) is 0 Å². The molecule has 0 saturated heterocycles. The molecule has 1 fully saturated rings. The van der Waals surface area contributed by atoms with Gasteiger partial charge in [-0.15, -0.1) is 10.2 Å². The van der Waals surface area contributed by atoms with Crippen LogP contribution < -0.4 is 4.90 Å². The number of halogens is 1. The van der Waals surface area contributed by atoms with Gasteiger partial charge in [0.05, 0.1) is 0 Å². The molecule has 0 unspecified atom stereocenters. The standard InChI is InChI=1S/C12H14ClN5S2/c1-6-8(13)14-9(7-4-5-7)15-10(6)19-12-17-16-11(20-12)18(2)3/h7H,4-5H2,1-3H3. The molecule has 2 aromatic heterocycles. The van der Waals surface area contributed by atoms with Gasteiger partial charge in [0.2, 0.25) is 5.13 Å². The number of hydrogen-bond acceptors (Lipinski definition) is 7. The largest absolute Gasteiger partial charge is 0.353 e. The Morgan fingerprint density at radius 1 is 1.25 bits per heavy atom. The molecule has 0 amide bonds. The minimum Gasteiger partial charge on any atom is -0.353 e. The maximum Gasteiger partial charge on any atom is 0.208 e. The number of aromatic nitrogens is 4. The molecule has 3 rings (SSSR count). The predicted molar refractivity (Wildman–Crippen MR) is 82.1 cm³/mol. The van der Waals surface area contributed by atoms with Crippen molar-refractivity contribution in [2.75, 3.05) is 19.0 Å². The zero-order valence-electron chi connectivity index (χ0n) is 11.4. The first-order valence-corrected chi connectivity index (χ1v) is 8.28. The molecule has 0 aromatic carbocycles. The first kappa shape index (κ1) is 14.0. The SMILES string of the molecule is Cc1c(Cl)nc(C2CC2)nc1Sc1nnc(N(C)C)s1. The highest BCUT2D eigenvalue weighted by Crippen LogP contribution is 2.41. The molecule has 1 saturated carbocycles. The summed E-state index contributed by atoms with van der Waals surface area (Å²) in [6.07, 6.45) is 2.32. The van der Waals surface area contributed by atoms with Gasteiger partial charge in [0, 0.05) is 25.6 Å². The van der Waals surface area contributed by atoms with Crippen LogP contribution in [0.1, 0.15) is 30.1 Å². The molecule has 0 spiro atoms. The van der Waals surface area contributed by atoms with E-state index >= 15 is 0 Å². The molecule has 2 aromatic rings. The van der Waals surface area contributed by atoms with Crippen molar-refractivity contribution >= 4 is 39.8 Å². The van der Waals surface area contributed by atoms with Crippen LogP contribution in [0.5, 0.6) is 0 Å². The Morgan fingerprint density at radius 2 is 2.00 bits per heavy atom. The van der Waals surface area contributed by atoms with E-state index in [1.807, 2.05) is 25.9 Å². The van der Waals surface area contributed by atoms with E-state index in [-0.39, 0.29) is 0 Å². The second-order valence-corrected chi connectivity index (χ2v) is 7.47. The van der Waals surface area contributed by atoms with Crippen LogP contribution in [-0.2, 0) is 0 Å². The van der Waals surface area contributed by atoms with E-state index in [4.69, 9.17) is 11.6 Å². The lowest BCUT2D eigenvalue weighted by Crippen LogP contribution is -2.07. The first-order chi connectivity index (χ1) is 9.54. The normalized spacial score (nSPS) is 14.6. The van der Waals surface area contributed by atoms with Crippen LogP contribution in [-0.4, -0.2) is 34.3 Å². The zero-order valence-corrected chi connectivity index (χ0v) is 13.8. The highest BCUT2D eigenvalue weighted by atomic mass is 35.5. The van der Waals surface area contributed by atoms with E-state index in [0.717, 1.165) is 38.7 Å². The number of anilines is 1. The van der Waals surface area contributed by atoms with Crippen LogP contribution in [0.3, 0.4) is 0 Å². The maximum absolute atomic E-state index is 6.21. The van der Waals surface area contributed by atoms with Gasteiger partial charge in [0.15, 0.2) is 4.34 Å². The van der Waals surface area contributed by atoms with Crippen molar-refractivity contribution in [2.45, 2.75) is 35.0 Å². The minimum absolute atomic E-state index is 0.485. The lowest BCUT2D eigenvalue weighted by atomic mass is 10.3. The fourth-order valence-electron chi connectivity index (χ4n) is 1.62. The summed E-state index contributed by atoms with van der Waals surface area (Å²) in [4.78, 5) is 10.9. The molecule has 0 aliphatic heterocycles. The third kappa shape index (κ3) is 2.89. The Labute approximate surface area is 130 Å². The van der Waals surface area contributed by atoms with Crippen LogP contribution in [0.25, 0.3) is 0 Å². The minimum atomic E-state index is 0.485. The molecule has 5 nitrogen and oxygen atoms in total. The van der Waals surface area contributed by atoms with Crippen LogP contribution in [0.2, 0.25) is 5.15 Å². The van der Waals surface area contributed by atoms with Gasteiger partial charge in [0.25, 0.3) is 0 Å². The Bertz CT molecular complexity index is 639. The summed E-state index contributed by atoms with van der Waals surface area (Å²) in [5, 5.41) is 10.6. The summed E-state index contributed by atoms with van der Waals surface area (Å²) in [6, 6.07) is 0. The lowest BCUT2D eigenvalue weighted by Gasteiger charge is -2.06. The van der Waals surface area contributed by atoms with Crippen LogP contribution in [0, 0.1) is 6.92 Å². The van der Waals surface area contributed by atoms with Crippen molar-refractivity contribution < 1.29 is 0 Å². The Morgan fingerprint density at radius 3 is 2.60 bits per heavy atom. The molecular formula is C12H14ClN5S2. The fourth-order valence-corrected chi connectivity index (χ4v) is 3.61. The summed E-state index contributed by atoms with van der Waals surface area (Å²) in [5.41, 5.74) is 0.905. The van der Waals surface area contributed by atoms with Gasteiger partial charge in [0.1, 0.15) is 16.0 Å². The molecule has 20 heavy (non-hydrogen) atoms. The van der Waals surface area contributed by atoms with Gasteiger partial charge in [-0.1, -0.05) is 22.9 Å². The molecule has 0 radical (unpaired) electrons. The van der Waals surface area contributed by atoms with E-state index in [1.165, 1.54) is 11.8 Å². The molecule has 1 aliphatic rings. The number of nitrogens with zero attached hydrogens (tertiary/aromatic N) is 5. The van der Waals surface area contributed by atoms with Crippen LogP contribution in [0.15, 0.2) is 9.37 Å². The summed E-state index contributed by atoms with van der Waals surface area (Å²) in [7, 11) is 3.90. The monoisotopic (exact) mass is 327 g/mol. The van der Waals surface area contributed by atoms with E-state index in [9.17, 15) is 0 Å². The van der Waals surface area contributed by atoms with Crippen molar-refractivity contribution in [1.29, 1.82) is 0 Å². The molecule has 0 atom stereocenters. The maximum atomic E-state index is 6.21. The number of rotatable bonds is 4. The van der Waals surface area contributed by atoms with E-state index in [0.29, 0.717) is 11.1 Å². The average Bonchev–Trinajstić information content (AvgIpc) is 3.14. The van der Waals surface area contributed by atoms with E-state index in [1.54, 1.807) is 11.3 Å². The van der Waals surface area contributed by atoms with Gasteiger partial charge in [-0.3, -0.25) is 0 Å². The third-order valence-corrected chi connectivity index (χ3v) is 5.56. The lowest BCUT2D eigenvalue weighted by molar-refractivity contribution is 0.860. The van der Waals surface area contributed by atoms with Crippen LogP contribution >= 0.6 is 34.7 Å². The highest BCUT2D eigenvalue weighted by Gasteiger charge is 2.28. The second kappa shape index (κ2) is 5.46. The van der Waals surface area contributed by atoms with Crippen molar-refractivity contribution in [2.24, 2.45) is 0 Å². The summed E-state index contributed by atoms with van der Waals surface area (Å²) < 4.78 is 0.869. The van der Waals surface area contributed by atoms with Crippen LogP contribution in [0.4, 0.5) is 5.13 Å². The van der Waals surface area contributed by atoms with Crippen molar-refractivity contribution in [3.05, 3.63) is 16.5 Å². The Balaban J connectivity index is 1.88. The van der Waals surface area contributed by atoms with Crippen molar-refractivity contribution in [3.8, 4) is 0 Å². The molecule has 8 heteroatoms. The van der Waals surface area contributed by atoms with E-state index in [2.05, 4.69) is 20.2 Å².